The Hall–Kier alpha value is -2.35. The Morgan fingerprint density at radius 3 is 2.42 bits per heavy atom. The van der Waals surface area contributed by atoms with Gasteiger partial charge >= 0.3 is 6.92 Å². The fraction of sp³-hybridized carbons (Fsp3) is 0.0500. The minimum Gasteiger partial charge on any atom is -0.497 e. The standard InChI is InChI=1S/C20H13Cl2N2O4PS2/c1-27-14-4-6-15(7-5-14)29(31)28-19-9-2-12(21)10-16(19)20(30)23-18-8-3-13(24(25)26)11-17(18)22/h2-11H,1H3/p+1. The van der Waals surface area contributed by atoms with E-state index in [2.05, 4.69) is 5.32 Å². The summed E-state index contributed by atoms with van der Waals surface area (Å²) < 4.78 is 11.2. The Balaban J connectivity index is 1.84. The van der Waals surface area contributed by atoms with Crippen LogP contribution in [0.1, 0.15) is 5.56 Å². The molecule has 0 aliphatic carbocycles. The average molecular weight is 512 g/mol. The molecule has 158 valence electrons. The van der Waals surface area contributed by atoms with Gasteiger partial charge in [-0.3, -0.25) is 14.6 Å². The van der Waals surface area contributed by atoms with Crippen molar-refractivity contribution in [1.82, 2.24) is 0 Å². The predicted octanol–water partition coefficient (Wildman–Crippen LogP) is 6.26. The van der Waals surface area contributed by atoms with Crippen LogP contribution < -0.4 is 19.9 Å². The number of ether oxygens (including phenoxy) is 1. The lowest BCUT2D eigenvalue weighted by Gasteiger charge is -2.12. The summed E-state index contributed by atoms with van der Waals surface area (Å²) >= 11 is 23.4. The highest BCUT2D eigenvalue weighted by Crippen LogP contribution is 2.34. The van der Waals surface area contributed by atoms with Gasteiger partial charge in [0.15, 0.2) is 5.75 Å². The van der Waals surface area contributed by atoms with Crippen molar-refractivity contribution in [3.63, 3.8) is 0 Å². The quantitative estimate of drug-likeness (QED) is 0.173. The lowest BCUT2D eigenvalue weighted by molar-refractivity contribution is -0.384. The number of thiocarbonyl (C=S) groups is 1. The lowest BCUT2D eigenvalue weighted by Crippen LogP contribution is -2.12. The summed E-state index contributed by atoms with van der Waals surface area (Å²) in [5.74, 6) is 1.18. The number of anilines is 1. The highest BCUT2D eigenvalue weighted by Gasteiger charge is 2.22. The van der Waals surface area contributed by atoms with Crippen LogP contribution in [0.3, 0.4) is 0 Å². The molecule has 0 heterocycles. The van der Waals surface area contributed by atoms with E-state index in [4.69, 9.17) is 56.5 Å². The molecule has 0 spiro atoms. The predicted molar refractivity (Wildman–Crippen MR) is 132 cm³/mol. The van der Waals surface area contributed by atoms with E-state index < -0.39 is 11.8 Å². The van der Waals surface area contributed by atoms with Crippen LogP contribution in [-0.2, 0) is 11.8 Å². The minimum absolute atomic E-state index is 0.121. The molecule has 0 aliphatic rings. The number of non-ortho nitro benzene ring substituents is 1. The third-order valence-corrected chi connectivity index (χ3v) is 6.87. The van der Waals surface area contributed by atoms with Gasteiger partial charge in [-0.15, -0.1) is 0 Å². The molecule has 31 heavy (non-hydrogen) atoms. The molecule has 0 saturated heterocycles. The van der Waals surface area contributed by atoms with Gasteiger partial charge in [-0.05, 0) is 48.5 Å². The zero-order valence-corrected chi connectivity index (χ0v) is 19.9. The molecule has 1 atom stereocenters. The average Bonchev–Trinajstić information content (AvgIpc) is 2.76. The second-order valence-corrected chi connectivity index (χ2v) is 9.52. The van der Waals surface area contributed by atoms with Gasteiger partial charge in [0.25, 0.3) is 5.69 Å². The summed E-state index contributed by atoms with van der Waals surface area (Å²) in [6.45, 7) is -1.40. The van der Waals surface area contributed by atoms with Gasteiger partial charge < -0.3 is 10.1 Å². The maximum atomic E-state index is 10.9. The molecule has 0 radical (unpaired) electrons. The highest BCUT2D eigenvalue weighted by molar-refractivity contribution is 8.06. The number of methoxy groups -OCH3 is 1. The Bertz CT molecular complexity index is 1180. The van der Waals surface area contributed by atoms with Crippen LogP contribution in [0.25, 0.3) is 0 Å². The number of rotatable bonds is 7. The smallest absolute Gasteiger partial charge is 0.426 e. The van der Waals surface area contributed by atoms with Crippen LogP contribution in [-0.4, -0.2) is 17.0 Å². The van der Waals surface area contributed by atoms with Crippen LogP contribution >= 0.6 is 42.3 Å². The van der Waals surface area contributed by atoms with Crippen LogP contribution in [0.15, 0.2) is 60.7 Å². The van der Waals surface area contributed by atoms with Gasteiger partial charge in [0.05, 0.1) is 28.3 Å². The van der Waals surface area contributed by atoms with Crippen LogP contribution in [0.5, 0.6) is 11.5 Å². The zero-order valence-electron chi connectivity index (χ0n) is 15.9. The molecular formula is C20H14Cl2N2O4PS2+. The van der Waals surface area contributed by atoms with Crippen molar-refractivity contribution in [2.75, 3.05) is 12.4 Å². The first kappa shape index (κ1) is 23.3. The Labute approximate surface area is 199 Å². The number of halogens is 2. The maximum Gasteiger partial charge on any atom is 0.426 e. The summed E-state index contributed by atoms with van der Waals surface area (Å²) in [7, 11) is 1.59. The summed E-state index contributed by atoms with van der Waals surface area (Å²) in [4.78, 5) is 10.7. The number of nitro groups is 1. The molecule has 3 rings (SSSR count). The molecule has 0 amide bonds. The van der Waals surface area contributed by atoms with Gasteiger partial charge in [-0.1, -0.05) is 35.4 Å². The molecule has 0 aliphatic heterocycles. The molecule has 6 nitrogen and oxygen atoms in total. The molecule has 0 fully saturated rings. The number of nitro benzene ring substituents is 1. The Morgan fingerprint density at radius 1 is 1.10 bits per heavy atom. The Kier molecular flexibility index (Phi) is 7.75. The van der Waals surface area contributed by atoms with E-state index in [0.717, 1.165) is 11.1 Å². The summed E-state index contributed by atoms with van der Waals surface area (Å²) in [6.07, 6.45) is 0. The van der Waals surface area contributed by atoms with Gasteiger partial charge in [-0.2, -0.15) is 0 Å². The van der Waals surface area contributed by atoms with E-state index in [1.807, 2.05) is 24.3 Å². The monoisotopic (exact) mass is 511 g/mol. The molecule has 3 aromatic rings. The molecule has 1 unspecified atom stereocenters. The van der Waals surface area contributed by atoms with Crippen molar-refractivity contribution >= 4 is 75.8 Å². The largest absolute Gasteiger partial charge is 0.497 e. The van der Waals surface area contributed by atoms with Crippen LogP contribution in [0, 0.1) is 10.1 Å². The van der Waals surface area contributed by atoms with Gasteiger partial charge in [0.1, 0.15) is 10.7 Å². The van der Waals surface area contributed by atoms with Gasteiger partial charge in [0, 0.05) is 17.2 Å². The Morgan fingerprint density at radius 2 is 1.81 bits per heavy atom. The fourth-order valence-electron chi connectivity index (χ4n) is 2.51. The minimum atomic E-state index is -1.40. The fourth-order valence-corrected chi connectivity index (χ4v) is 4.62. The van der Waals surface area contributed by atoms with E-state index in [-0.39, 0.29) is 15.7 Å². The van der Waals surface area contributed by atoms with Crippen LogP contribution in [0.4, 0.5) is 11.4 Å². The van der Waals surface area contributed by atoms with E-state index in [1.165, 1.54) is 18.2 Å². The second kappa shape index (κ2) is 10.3. The number of benzene rings is 3. The summed E-state index contributed by atoms with van der Waals surface area (Å²) in [5.41, 5.74) is 0.811. The zero-order chi connectivity index (χ0) is 22.5. The summed E-state index contributed by atoms with van der Waals surface area (Å²) in [5, 5.41) is 15.3. The first-order valence-corrected chi connectivity index (χ1v) is 12.1. The summed E-state index contributed by atoms with van der Waals surface area (Å²) in [6, 6.07) is 16.4. The van der Waals surface area contributed by atoms with E-state index in [1.54, 1.807) is 25.3 Å². The van der Waals surface area contributed by atoms with Gasteiger partial charge in [0.2, 0.25) is 17.1 Å². The van der Waals surface area contributed by atoms with Crippen molar-refractivity contribution in [3.05, 3.63) is 86.4 Å². The van der Waals surface area contributed by atoms with Crippen molar-refractivity contribution in [2.45, 2.75) is 0 Å². The van der Waals surface area contributed by atoms with Crippen molar-refractivity contribution in [2.24, 2.45) is 0 Å². The number of hydrogen-bond donors (Lipinski definition) is 1. The molecule has 3 aromatic carbocycles. The number of nitrogens with one attached hydrogen (secondary N) is 1. The molecule has 0 aromatic heterocycles. The first-order valence-electron chi connectivity index (χ1n) is 8.62. The normalized spacial score (nSPS) is 10.9. The molecule has 1 N–H and O–H groups in total. The maximum absolute atomic E-state index is 10.9. The molecule has 0 saturated carbocycles. The number of hydrogen-bond acceptors (Lipinski definition) is 6. The van der Waals surface area contributed by atoms with Crippen molar-refractivity contribution in [3.8, 4) is 11.5 Å². The topological polar surface area (TPSA) is 73.6 Å². The van der Waals surface area contributed by atoms with Crippen molar-refractivity contribution in [1.29, 1.82) is 0 Å². The first-order chi connectivity index (χ1) is 14.8. The number of nitrogens with zero attached hydrogens (tertiary/aromatic N) is 1. The molecular weight excluding hydrogens is 498 g/mol. The highest BCUT2D eigenvalue weighted by atomic mass is 35.5. The SMILES string of the molecule is COc1ccc([P+](=S)Oc2ccc(Cl)cc2C(=S)Nc2ccc([N+](=O)[O-])cc2Cl)cc1. The van der Waals surface area contributed by atoms with Crippen molar-refractivity contribution < 1.29 is 14.2 Å². The third-order valence-electron chi connectivity index (χ3n) is 4.06. The second-order valence-electron chi connectivity index (χ2n) is 6.06. The lowest BCUT2D eigenvalue weighted by atomic mass is 10.2. The van der Waals surface area contributed by atoms with E-state index >= 15 is 0 Å². The molecule has 11 heteroatoms. The van der Waals surface area contributed by atoms with E-state index in [9.17, 15) is 10.1 Å². The van der Waals surface area contributed by atoms with Gasteiger partial charge in [-0.25, -0.2) is 0 Å². The van der Waals surface area contributed by atoms with E-state index in [0.29, 0.717) is 22.0 Å². The molecule has 0 bridgehead atoms. The third kappa shape index (κ3) is 5.87. The van der Waals surface area contributed by atoms with Crippen LogP contribution in [0.2, 0.25) is 10.0 Å².